The summed E-state index contributed by atoms with van der Waals surface area (Å²) in [6.45, 7) is 4.86. The molecule has 0 aliphatic rings. The zero-order valence-corrected chi connectivity index (χ0v) is 15.4. The van der Waals surface area contributed by atoms with Gasteiger partial charge in [-0.25, -0.2) is 0 Å². The second-order valence-electron chi connectivity index (χ2n) is 2.46. The standard InChI is InChI=1S/5C2H4O2.4H2O.V/c5*1-2(3)4;;;;;/h5*1H3,(H,3,4);4*1H2;/p-5. The predicted molar refractivity (Wildman–Crippen MR) is 67.9 cm³/mol. The van der Waals surface area contributed by atoms with Gasteiger partial charge in [-0.3, -0.25) is 0 Å². The minimum absolute atomic E-state index is 0. The monoisotopic (exact) mass is 418 g/mol. The summed E-state index contributed by atoms with van der Waals surface area (Å²) in [7, 11) is 0. The molecule has 0 aromatic carbocycles. The molecule has 0 saturated heterocycles. The summed E-state index contributed by atoms with van der Waals surface area (Å²) in [5.41, 5.74) is 0. The molecule has 0 aromatic heterocycles. The van der Waals surface area contributed by atoms with Crippen molar-refractivity contribution in [2.75, 3.05) is 0 Å². The van der Waals surface area contributed by atoms with Gasteiger partial charge >= 0.3 is 0 Å². The maximum Gasteiger partial charge on any atom is 0.0383 e. The molecule has 0 bridgehead atoms. The third-order valence-electron chi connectivity index (χ3n) is 0. The van der Waals surface area contributed by atoms with E-state index < -0.39 is 29.8 Å². The van der Waals surface area contributed by atoms with E-state index in [1.54, 1.807) is 0 Å². The molecule has 0 atom stereocenters. The van der Waals surface area contributed by atoms with Crippen molar-refractivity contribution in [3.05, 3.63) is 0 Å². The Kier molecular flexibility index (Phi) is 152. The van der Waals surface area contributed by atoms with Crippen molar-refractivity contribution >= 4 is 29.8 Å². The summed E-state index contributed by atoms with van der Waals surface area (Å²) in [4.78, 5) is 44.4. The predicted octanol–water partition coefficient (Wildman–Crippen LogP) is -9.52. The molecule has 0 rings (SSSR count). The van der Waals surface area contributed by atoms with Crippen molar-refractivity contribution in [3.8, 4) is 0 Å². The van der Waals surface area contributed by atoms with Crippen LogP contribution in [0.4, 0.5) is 0 Å². The fourth-order valence-electron chi connectivity index (χ4n) is 0. The molecule has 0 amide bonds. The quantitative estimate of drug-likeness (QED) is 0.357. The van der Waals surface area contributed by atoms with Gasteiger partial charge in [0.1, 0.15) is 0 Å². The average Bonchev–Trinajstić information content (AvgIpc) is 1.94. The molecule has 14 nitrogen and oxygen atoms in total. The van der Waals surface area contributed by atoms with E-state index in [1.807, 2.05) is 0 Å². The first-order valence-electron chi connectivity index (χ1n) is 4.54. The Hall–Kier alpha value is -2.23. The molecule has 0 aliphatic carbocycles. The van der Waals surface area contributed by atoms with E-state index >= 15 is 0 Å². The maximum absolute atomic E-state index is 8.89. The van der Waals surface area contributed by atoms with Crippen LogP contribution in [0.25, 0.3) is 0 Å². The number of hydrogen-bond acceptors (Lipinski definition) is 10. The van der Waals surface area contributed by atoms with Crippen LogP contribution in [-0.4, -0.2) is 51.8 Å². The molecule has 0 aromatic rings. The third-order valence-corrected chi connectivity index (χ3v) is 0. The summed E-state index contributed by atoms with van der Waals surface area (Å²) < 4.78 is 0. The normalized spacial score (nSPS) is 5.00. The molecule has 25 heavy (non-hydrogen) atoms. The van der Waals surface area contributed by atoms with Crippen LogP contribution in [0.5, 0.6) is 0 Å². The minimum Gasteiger partial charge on any atom is -0.550 e. The van der Waals surface area contributed by atoms with Crippen LogP contribution >= 0.6 is 0 Å². The Bertz CT molecular complexity index is 214. The van der Waals surface area contributed by atoms with Crippen LogP contribution in [-0.2, 0) is 42.5 Å². The minimum atomic E-state index is -1.08. The Balaban J connectivity index is -0.0000000134. The molecule has 0 fully saturated rings. The summed E-state index contributed by atoms with van der Waals surface area (Å²) >= 11 is 0. The van der Waals surface area contributed by atoms with E-state index in [0.29, 0.717) is 0 Å². The Morgan fingerprint density at radius 2 is 0.400 bits per heavy atom. The number of carbonyl (C=O) groups excluding carboxylic acids is 5. The largest absolute Gasteiger partial charge is 0.550 e. The Morgan fingerprint density at radius 3 is 0.400 bits per heavy atom. The SMILES string of the molecule is CC(=O)[O-].CC(=O)[O-].CC(=O)[O-].CC(=O)[O-].CC(=O)[O-].O.O.O.O.[V]. The second kappa shape index (κ2) is 57.6. The smallest absolute Gasteiger partial charge is 0.0383 e. The van der Waals surface area contributed by atoms with E-state index in [0.717, 1.165) is 34.6 Å². The van der Waals surface area contributed by atoms with Crippen LogP contribution in [0.3, 0.4) is 0 Å². The van der Waals surface area contributed by atoms with Crippen LogP contribution in [0.2, 0.25) is 0 Å². The molecule has 1 radical (unpaired) electrons. The number of carboxylic acid groups (broad SMARTS) is 5. The summed E-state index contributed by atoms with van der Waals surface area (Å²) in [5.74, 6) is -5.42. The first-order valence-corrected chi connectivity index (χ1v) is 4.54. The van der Waals surface area contributed by atoms with Crippen molar-refractivity contribution in [1.29, 1.82) is 0 Å². The summed E-state index contributed by atoms with van der Waals surface area (Å²) in [6, 6.07) is 0. The second-order valence-corrected chi connectivity index (χ2v) is 2.46. The van der Waals surface area contributed by atoms with Gasteiger partial charge < -0.3 is 71.4 Å². The zero-order chi connectivity index (χ0) is 17.9. The van der Waals surface area contributed by atoms with E-state index in [-0.39, 0.29) is 40.5 Å². The van der Waals surface area contributed by atoms with E-state index in [2.05, 4.69) is 0 Å². The molecule has 0 aliphatic heterocycles. The first-order chi connectivity index (χ1) is 8.66. The van der Waals surface area contributed by atoms with Gasteiger partial charge in [-0.1, -0.05) is 0 Å². The topological polar surface area (TPSA) is 327 Å². The maximum atomic E-state index is 8.89. The van der Waals surface area contributed by atoms with Gasteiger partial charge in [-0.05, 0) is 34.6 Å². The van der Waals surface area contributed by atoms with Gasteiger partial charge in [-0.2, -0.15) is 0 Å². The van der Waals surface area contributed by atoms with Crippen molar-refractivity contribution in [1.82, 2.24) is 0 Å². The van der Waals surface area contributed by atoms with Crippen molar-refractivity contribution < 1.29 is 90.0 Å². The molecular formula is C10H23O14V-5. The summed E-state index contributed by atoms with van der Waals surface area (Å²) in [6.07, 6.45) is 0. The van der Waals surface area contributed by atoms with Gasteiger partial charge in [0.25, 0.3) is 0 Å². The van der Waals surface area contributed by atoms with E-state index in [9.17, 15) is 0 Å². The summed E-state index contributed by atoms with van der Waals surface area (Å²) in [5, 5.41) is 44.4. The van der Waals surface area contributed by atoms with Gasteiger partial charge in [0.15, 0.2) is 0 Å². The average molecular weight is 418 g/mol. The molecule has 0 unspecified atom stereocenters. The molecule has 8 N–H and O–H groups in total. The molecule has 0 spiro atoms. The van der Waals surface area contributed by atoms with E-state index in [4.69, 9.17) is 49.5 Å². The number of carbonyl (C=O) groups is 5. The molecule has 0 saturated carbocycles. The number of rotatable bonds is 0. The Morgan fingerprint density at radius 1 is 0.400 bits per heavy atom. The molecule has 157 valence electrons. The van der Waals surface area contributed by atoms with Crippen LogP contribution in [0.1, 0.15) is 34.6 Å². The Labute approximate surface area is 155 Å². The zero-order valence-electron chi connectivity index (χ0n) is 14.0. The van der Waals surface area contributed by atoms with Gasteiger partial charge in [-0.15, -0.1) is 0 Å². The van der Waals surface area contributed by atoms with Gasteiger partial charge in [0.2, 0.25) is 0 Å². The number of aliphatic carboxylic acids is 5. The fraction of sp³-hybridized carbons (Fsp3) is 0.500. The fourth-order valence-corrected chi connectivity index (χ4v) is 0. The van der Waals surface area contributed by atoms with Crippen molar-refractivity contribution in [2.24, 2.45) is 0 Å². The van der Waals surface area contributed by atoms with Crippen LogP contribution in [0.15, 0.2) is 0 Å². The van der Waals surface area contributed by atoms with Crippen molar-refractivity contribution in [3.63, 3.8) is 0 Å². The molecular weight excluding hydrogens is 395 g/mol. The molecule has 0 heterocycles. The van der Waals surface area contributed by atoms with Crippen LogP contribution < -0.4 is 25.5 Å². The number of hydrogen-bond donors (Lipinski definition) is 0. The molecule has 15 heteroatoms. The van der Waals surface area contributed by atoms with Gasteiger partial charge in [0.05, 0.1) is 0 Å². The first kappa shape index (κ1) is 66.2. The van der Waals surface area contributed by atoms with Crippen molar-refractivity contribution in [2.45, 2.75) is 34.6 Å². The number of carboxylic acids is 5. The van der Waals surface area contributed by atoms with Crippen LogP contribution in [0, 0.1) is 0 Å². The van der Waals surface area contributed by atoms with Gasteiger partial charge in [0, 0.05) is 48.4 Å². The third kappa shape index (κ3) is 1720. The van der Waals surface area contributed by atoms with E-state index in [1.165, 1.54) is 0 Å².